The van der Waals surface area contributed by atoms with Crippen molar-refractivity contribution in [3.05, 3.63) is 0 Å². The molecule has 0 saturated heterocycles. The molecular weight excluding hydrogens is 200 g/mol. The monoisotopic (exact) mass is 228 g/mol. The number of carbonyl (C=O) groups excluding carboxylic acids is 1. The van der Waals surface area contributed by atoms with Crippen LogP contribution in [0.4, 0.5) is 0 Å². The fourth-order valence-corrected chi connectivity index (χ4v) is 1.66. The number of rotatable bonds is 9. The van der Waals surface area contributed by atoms with Gasteiger partial charge in [-0.25, -0.2) is 0 Å². The summed E-state index contributed by atoms with van der Waals surface area (Å²) in [5.41, 5.74) is 5.47. The number of unbranched alkanes of at least 4 members (excludes halogenated alkanes) is 1. The van der Waals surface area contributed by atoms with E-state index in [1.165, 1.54) is 0 Å². The van der Waals surface area contributed by atoms with Gasteiger partial charge >= 0.3 is 0 Å². The van der Waals surface area contributed by atoms with E-state index < -0.39 is 0 Å². The maximum atomic E-state index is 12.0. The van der Waals surface area contributed by atoms with Crippen LogP contribution in [-0.2, 0) is 4.79 Å². The lowest BCUT2D eigenvalue weighted by Gasteiger charge is -2.23. The number of nitrogens with one attached hydrogen (secondary N) is 1. The maximum Gasteiger partial charge on any atom is 0.152 e. The summed E-state index contributed by atoms with van der Waals surface area (Å²) >= 11 is 0. The highest BCUT2D eigenvalue weighted by molar-refractivity contribution is 5.85. The normalized spacial score (nSPS) is 15.1. The third-order valence-electron chi connectivity index (χ3n) is 2.96. The van der Waals surface area contributed by atoms with Crippen LogP contribution in [0.15, 0.2) is 0 Å². The zero-order valence-corrected chi connectivity index (χ0v) is 11.3. The molecule has 0 saturated carbocycles. The van der Waals surface area contributed by atoms with Gasteiger partial charge in [-0.05, 0) is 32.7 Å². The van der Waals surface area contributed by atoms with E-state index in [2.05, 4.69) is 19.2 Å². The largest absolute Gasteiger partial charge is 0.330 e. The molecule has 3 N–H and O–H groups in total. The Balaban J connectivity index is 4.21. The smallest absolute Gasteiger partial charge is 0.152 e. The molecule has 0 aromatic rings. The van der Waals surface area contributed by atoms with Crippen molar-refractivity contribution >= 4 is 5.78 Å². The van der Waals surface area contributed by atoms with Gasteiger partial charge < -0.3 is 11.1 Å². The Morgan fingerprint density at radius 1 is 1.25 bits per heavy atom. The van der Waals surface area contributed by atoms with Gasteiger partial charge in [-0.2, -0.15) is 0 Å². The molecule has 2 unspecified atom stereocenters. The van der Waals surface area contributed by atoms with Crippen molar-refractivity contribution in [2.24, 2.45) is 11.7 Å². The molecule has 0 aromatic heterocycles. The van der Waals surface area contributed by atoms with E-state index >= 15 is 0 Å². The molecule has 0 aliphatic heterocycles. The SMILES string of the molecule is CCC(C)NC(CCCCN)C(=O)C(C)C. The van der Waals surface area contributed by atoms with Crippen molar-refractivity contribution in [2.75, 3.05) is 6.54 Å². The lowest BCUT2D eigenvalue weighted by atomic mass is 9.96. The molecule has 96 valence electrons. The minimum Gasteiger partial charge on any atom is -0.330 e. The van der Waals surface area contributed by atoms with Crippen LogP contribution in [0.3, 0.4) is 0 Å². The Morgan fingerprint density at radius 2 is 1.88 bits per heavy atom. The molecule has 16 heavy (non-hydrogen) atoms. The van der Waals surface area contributed by atoms with Crippen LogP contribution in [0.2, 0.25) is 0 Å². The quantitative estimate of drug-likeness (QED) is 0.594. The van der Waals surface area contributed by atoms with Gasteiger partial charge in [0, 0.05) is 12.0 Å². The molecule has 0 bridgehead atoms. The maximum absolute atomic E-state index is 12.0. The molecule has 3 heteroatoms. The molecule has 0 aliphatic rings. The molecule has 0 heterocycles. The standard InChI is InChI=1S/C13H28N2O/c1-5-11(4)15-12(8-6-7-9-14)13(16)10(2)3/h10-12,15H,5-9,14H2,1-4H3. The molecular formula is C13H28N2O. The third-order valence-corrected chi connectivity index (χ3v) is 2.96. The first kappa shape index (κ1) is 15.6. The summed E-state index contributed by atoms with van der Waals surface area (Å²) in [6, 6.07) is 0.423. The van der Waals surface area contributed by atoms with Crippen molar-refractivity contribution in [3.63, 3.8) is 0 Å². The zero-order chi connectivity index (χ0) is 12.6. The average molecular weight is 228 g/mol. The molecule has 0 fully saturated rings. The fraction of sp³-hybridized carbons (Fsp3) is 0.923. The van der Waals surface area contributed by atoms with Crippen LogP contribution in [0, 0.1) is 5.92 Å². The highest BCUT2D eigenvalue weighted by Gasteiger charge is 2.21. The fourth-order valence-electron chi connectivity index (χ4n) is 1.66. The molecule has 0 radical (unpaired) electrons. The van der Waals surface area contributed by atoms with E-state index in [0.717, 1.165) is 25.7 Å². The lowest BCUT2D eigenvalue weighted by Crippen LogP contribution is -2.43. The summed E-state index contributed by atoms with van der Waals surface area (Å²) in [5.74, 6) is 0.441. The molecule has 2 atom stereocenters. The van der Waals surface area contributed by atoms with E-state index in [0.29, 0.717) is 18.4 Å². The van der Waals surface area contributed by atoms with Crippen molar-refractivity contribution in [2.45, 2.75) is 65.5 Å². The van der Waals surface area contributed by atoms with Gasteiger partial charge in [0.1, 0.15) is 0 Å². The van der Waals surface area contributed by atoms with E-state index in [1.807, 2.05) is 13.8 Å². The molecule has 0 aromatic carbocycles. The minimum atomic E-state index is 0.0153. The number of hydrogen-bond acceptors (Lipinski definition) is 3. The van der Waals surface area contributed by atoms with Gasteiger partial charge in [-0.15, -0.1) is 0 Å². The predicted octanol–water partition coefficient (Wildman–Crippen LogP) is 2.10. The summed E-state index contributed by atoms with van der Waals surface area (Å²) in [6.45, 7) is 8.91. The van der Waals surface area contributed by atoms with E-state index in [4.69, 9.17) is 5.73 Å². The van der Waals surface area contributed by atoms with Crippen LogP contribution in [0.1, 0.15) is 53.4 Å². The molecule has 0 amide bonds. The van der Waals surface area contributed by atoms with Crippen LogP contribution < -0.4 is 11.1 Å². The summed E-state index contributed by atoms with van der Waals surface area (Å²) in [5, 5.41) is 3.42. The Bertz CT molecular complexity index is 192. The van der Waals surface area contributed by atoms with Crippen molar-refractivity contribution < 1.29 is 4.79 Å². The van der Waals surface area contributed by atoms with Crippen LogP contribution in [-0.4, -0.2) is 24.4 Å². The van der Waals surface area contributed by atoms with Crippen molar-refractivity contribution in [3.8, 4) is 0 Å². The number of hydrogen-bond donors (Lipinski definition) is 2. The van der Waals surface area contributed by atoms with E-state index in [-0.39, 0.29) is 12.0 Å². The third kappa shape index (κ3) is 6.23. The van der Waals surface area contributed by atoms with Gasteiger partial charge in [0.05, 0.1) is 6.04 Å². The predicted molar refractivity (Wildman–Crippen MR) is 69.4 cm³/mol. The van der Waals surface area contributed by atoms with Crippen molar-refractivity contribution in [1.82, 2.24) is 5.32 Å². The molecule has 3 nitrogen and oxygen atoms in total. The summed E-state index contributed by atoms with van der Waals surface area (Å²) in [6.07, 6.45) is 4.00. The highest BCUT2D eigenvalue weighted by atomic mass is 16.1. The molecule has 0 rings (SSSR count). The van der Waals surface area contributed by atoms with Gasteiger partial charge in [0.15, 0.2) is 5.78 Å². The van der Waals surface area contributed by atoms with Crippen LogP contribution in [0.5, 0.6) is 0 Å². The number of carbonyl (C=O) groups is 1. The van der Waals surface area contributed by atoms with Gasteiger partial charge in [-0.1, -0.05) is 27.2 Å². The number of Topliss-reactive ketones (excluding diaryl/α,β-unsaturated/α-hetero) is 1. The van der Waals surface area contributed by atoms with Gasteiger partial charge in [0.2, 0.25) is 0 Å². The highest BCUT2D eigenvalue weighted by Crippen LogP contribution is 2.09. The Kier molecular flexibility index (Phi) is 8.49. The molecule has 0 spiro atoms. The van der Waals surface area contributed by atoms with Crippen LogP contribution >= 0.6 is 0 Å². The first-order chi connectivity index (χ1) is 7.52. The van der Waals surface area contributed by atoms with E-state index in [1.54, 1.807) is 0 Å². The first-order valence-electron chi connectivity index (χ1n) is 6.52. The van der Waals surface area contributed by atoms with Crippen LogP contribution in [0.25, 0.3) is 0 Å². The van der Waals surface area contributed by atoms with Gasteiger partial charge in [-0.3, -0.25) is 4.79 Å². The lowest BCUT2D eigenvalue weighted by molar-refractivity contribution is -0.124. The van der Waals surface area contributed by atoms with Crippen molar-refractivity contribution in [1.29, 1.82) is 0 Å². The molecule has 0 aliphatic carbocycles. The minimum absolute atomic E-state index is 0.0153. The Morgan fingerprint density at radius 3 is 2.31 bits per heavy atom. The Labute approximate surface area is 100 Å². The summed E-state index contributed by atoms with van der Waals surface area (Å²) in [7, 11) is 0. The number of ketones is 1. The summed E-state index contributed by atoms with van der Waals surface area (Å²) < 4.78 is 0. The number of nitrogens with two attached hydrogens (primary N) is 1. The first-order valence-corrected chi connectivity index (χ1v) is 6.52. The topological polar surface area (TPSA) is 55.1 Å². The second-order valence-corrected chi connectivity index (χ2v) is 4.87. The van der Waals surface area contributed by atoms with Gasteiger partial charge in [0.25, 0.3) is 0 Å². The summed E-state index contributed by atoms with van der Waals surface area (Å²) in [4.78, 5) is 12.0. The second kappa shape index (κ2) is 8.71. The average Bonchev–Trinajstić information content (AvgIpc) is 2.26. The van der Waals surface area contributed by atoms with E-state index in [9.17, 15) is 4.79 Å². The Hall–Kier alpha value is -0.410. The second-order valence-electron chi connectivity index (χ2n) is 4.87. The zero-order valence-electron chi connectivity index (χ0n) is 11.3.